The van der Waals surface area contributed by atoms with E-state index < -0.39 is 0 Å². The average molecular weight is 289 g/mol. The highest BCUT2D eigenvalue weighted by Gasteiger charge is 2.06. The molecule has 0 atom stereocenters. The Bertz CT molecular complexity index is 604. The van der Waals surface area contributed by atoms with E-state index in [9.17, 15) is 4.79 Å². The fraction of sp³-hybridized carbons (Fsp3) is 0.312. The lowest BCUT2D eigenvalue weighted by Gasteiger charge is -2.10. The van der Waals surface area contributed by atoms with Crippen LogP contribution in [0.15, 0.2) is 29.6 Å². The average Bonchev–Trinajstić information content (AvgIpc) is 2.83. The lowest BCUT2D eigenvalue weighted by molar-refractivity contribution is -0.123. The number of aryl methyl sites for hydroxylation is 3. The summed E-state index contributed by atoms with van der Waals surface area (Å²) < 4.78 is 5.57. The quantitative estimate of drug-likeness (QED) is 0.916. The third-order valence-corrected chi connectivity index (χ3v) is 4.14. The highest BCUT2D eigenvalue weighted by molar-refractivity contribution is 7.10. The highest BCUT2D eigenvalue weighted by Crippen LogP contribution is 2.19. The molecule has 0 aliphatic rings. The second kappa shape index (κ2) is 6.57. The third kappa shape index (κ3) is 3.84. The number of nitrogens with one attached hydrogen (secondary N) is 1. The van der Waals surface area contributed by atoms with E-state index in [0.29, 0.717) is 6.54 Å². The van der Waals surface area contributed by atoms with Crippen LogP contribution in [0.1, 0.15) is 21.6 Å². The topological polar surface area (TPSA) is 38.3 Å². The van der Waals surface area contributed by atoms with Crippen LogP contribution in [0.2, 0.25) is 0 Å². The van der Waals surface area contributed by atoms with Crippen molar-refractivity contribution in [3.05, 3.63) is 51.2 Å². The van der Waals surface area contributed by atoms with Gasteiger partial charge in [0.15, 0.2) is 6.61 Å². The molecule has 0 saturated carbocycles. The monoisotopic (exact) mass is 289 g/mol. The SMILES string of the molecule is Cc1ccc(C)c(OCC(=O)NCc2sccc2C)c1. The number of ether oxygens (including phenoxy) is 1. The Kier molecular flexibility index (Phi) is 4.79. The summed E-state index contributed by atoms with van der Waals surface area (Å²) in [4.78, 5) is 13.0. The number of carbonyl (C=O) groups is 1. The first-order valence-electron chi connectivity index (χ1n) is 6.56. The van der Waals surface area contributed by atoms with Gasteiger partial charge in [0.05, 0.1) is 6.54 Å². The van der Waals surface area contributed by atoms with Gasteiger partial charge in [0.1, 0.15) is 5.75 Å². The summed E-state index contributed by atoms with van der Waals surface area (Å²) in [6.45, 7) is 6.64. The first kappa shape index (κ1) is 14.6. The number of thiophene rings is 1. The van der Waals surface area contributed by atoms with Gasteiger partial charge >= 0.3 is 0 Å². The summed E-state index contributed by atoms with van der Waals surface area (Å²) in [5.41, 5.74) is 3.38. The molecule has 1 aromatic carbocycles. The summed E-state index contributed by atoms with van der Waals surface area (Å²) in [6.07, 6.45) is 0. The zero-order valence-electron chi connectivity index (χ0n) is 12.0. The molecule has 0 radical (unpaired) electrons. The van der Waals surface area contributed by atoms with Crippen molar-refractivity contribution in [1.82, 2.24) is 5.32 Å². The van der Waals surface area contributed by atoms with Gasteiger partial charge in [0.2, 0.25) is 0 Å². The second-order valence-electron chi connectivity index (χ2n) is 4.86. The molecule has 20 heavy (non-hydrogen) atoms. The Balaban J connectivity index is 1.83. The van der Waals surface area contributed by atoms with E-state index in [1.807, 2.05) is 44.4 Å². The van der Waals surface area contributed by atoms with Gasteiger partial charge in [0, 0.05) is 4.88 Å². The molecular formula is C16H19NO2S. The standard InChI is InChI=1S/C16H19NO2S/c1-11-4-5-12(2)14(8-11)19-10-16(18)17-9-15-13(3)6-7-20-15/h4-8H,9-10H2,1-3H3,(H,17,18). The van der Waals surface area contributed by atoms with Crippen molar-refractivity contribution in [3.63, 3.8) is 0 Å². The van der Waals surface area contributed by atoms with Crippen LogP contribution in [0, 0.1) is 20.8 Å². The van der Waals surface area contributed by atoms with Crippen molar-refractivity contribution in [2.24, 2.45) is 0 Å². The number of hydrogen-bond donors (Lipinski definition) is 1. The van der Waals surface area contributed by atoms with E-state index in [-0.39, 0.29) is 12.5 Å². The summed E-state index contributed by atoms with van der Waals surface area (Å²) in [5.74, 6) is 0.672. The van der Waals surface area contributed by atoms with Crippen LogP contribution in [0.3, 0.4) is 0 Å². The van der Waals surface area contributed by atoms with Gasteiger partial charge in [-0.25, -0.2) is 0 Å². The minimum Gasteiger partial charge on any atom is -0.483 e. The van der Waals surface area contributed by atoms with E-state index in [1.165, 1.54) is 10.4 Å². The van der Waals surface area contributed by atoms with Gasteiger partial charge < -0.3 is 10.1 Å². The van der Waals surface area contributed by atoms with Crippen molar-refractivity contribution >= 4 is 17.2 Å². The smallest absolute Gasteiger partial charge is 0.258 e. The summed E-state index contributed by atoms with van der Waals surface area (Å²) >= 11 is 1.65. The normalized spacial score (nSPS) is 10.3. The molecule has 0 bridgehead atoms. The molecule has 1 heterocycles. The zero-order chi connectivity index (χ0) is 14.5. The molecule has 4 heteroatoms. The molecule has 0 saturated heterocycles. The van der Waals surface area contributed by atoms with E-state index >= 15 is 0 Å². The maximum Gasteiger partial charge on any atom is 0.258 e. The van der Waals surface area contributed by atoms with Gasteiger partial charge in [-0.15, -0.1) is 11.3 Å². The molecule has 2 aromatic rings. The van der Waals surface area contributed by atoms with E-state index in [0.717, 1.165) is 16.9 Å². The van der Waals surface area contributed by atoms with Gasteiger partial charge in [0.25, 0.3) is 5.91 Å². The lowest BCUT2D eigenvalue weighted by Crippen LogP contribution is -2.28. The fourth-order valence-corrected chi connectivity index (χ4v) is 2.67. The molecule has 106 valence electrons. The molecule has 1 N–H and O–H groups in total. The summed E-state index contributed by atoms with van der Waals surface area (Å²) in [7, 11) is 0. The molecule has 0 fully saturated rings. The summed E-state index contributed by atoms with van der Waals surface area (Å²) in [5, 5.41) is 4.91. The largest absolute Gasteiger partial charge is 0.483 e. The van der Waals surface area contributed by atoms with Crippen molar-refractivity contribution in [2.45, 2.75) is 27.3 Å². The van der Waals surface area contributed by atoms with E-state index in [1.54, 1.807) is 11.3 Å². The maximum absolute atomic E-state index is 11.8. The Hall–Kier alpha value is -1.81. The molecule has 0 unspecified atom stereocenters. The minimum atomic E-state index is -0.0984. The zero-order valence-corrected chi connectivity index (χ0v) is 12.8. The minimum absolute atomic E-state index is 0.0503. The van der Waals surface area contributed by atoms with Crippen molar-refractivity contribution in [3.8, 4) is 5.75 Å². The number of carbonyl (C=O) groups excluding carboxylic acids is 1. The lowest BCUT2D eigenvalue weighted by atomic mass is 10.1. The molecular weight excluding hydrogens is 270 g/mol. The molecule has 1 aromatic heterocycles. The number of rotatable bonds is 5. The Morgan fingerprint density at radius 3 is 2.70 bits per heavy atom. The van der Waals surface area contributed by atoms with Gasteiger partial charge in [-0.05, 0) is 55.0 Å². The van der Waals surface area contributed by atoms with Gasteiger partial charge in [-0.2, -0.15) is 0 Å². The van der Waals surface area contributed by atoms with Crippen molar-refractivity contribution < 1.29 is 9.53 Å². The Labute approximate surface area is 123 Å². The van der Waals surface area contributed by atoms with Gasteiger partial charge in [-0.1, -0.05) is 12.1 Å². The van der Waals surface area contributed by atoms with E-state index in [2.05, 4.69) is 11.4 Å². The highest BCUT2D eigenvalue weighted by atomic mass is 32.1. The number of benzene rings is 1. The predicted molar refractivity (Wildman–Crippen MR) is 82.3 cm³/mol. The van der Waals surface area contributed by atoms with Crippen LogP contribution in [0.25, 0.3) is 0 Å². The van der Waals surface area contributed by atoms with Crippen LogP contribution >= 0.6 is 11.3 Å². The van der Waals surface area contributed by atoms with Crippen LogP contribution in [0.4, 0.5) is 0 Å². The first-order chi connectivity index (χ1) is 9.56. The van der Waals surface area contributed by atoms with Crippen LogP contribution in [0.5, 0.6) is 5.75 Å². The summed E-state index contributed by atoms with van der Waals surface area (Å²) in [6, 6.07) is 8.03. The predicted octanol–water partition coefficient (Wildman–Crippen LogP) is 3.37. The van der Waals surface area contributed by atoms with Crippen LogP contribution in [-0.4, -0.2) is 12.5 Å². The first-order valence-corrected chi connectivity index (χ1v) is 7.44. The van der Waals surface area contributed by atoms with Crippen LogP contribution in [-0.2, 0) is 11.3 Å². The molecule has 2 rings (SSSR count). The number of hydrogen-bond acceptors (Lipinski definition) is 3. The van der Waals surface area contributed by atoms with Crippen molar-refractivity contribution in [1.29, 1.82) is 0 Å². The fourth-order valence-electron chi connectivity index (χ4n) is 1.82. The maximum atomic E-state index is 11.8. The second-order valence-corrected chi connectivity index (χ2v) is 5.86. The number of amides is 1. The molecule has 1 amide bonds. The Morgan fingerprint density at radius 2 is 2.00 bits per heavy atom. The molecule has 0 aliphatic heterocycles. The molecule has 0 aliphatic carbocycles. The molecule has 0 spiro atoms. The Morgan fingerprint density at radius 1 is 1.20 bits per heavy atom. The van der Waals surface area contributed by atoms with Crippen LogP contribution < -0.4 is 10.1 Å². The van der Waals surface area contributed by atoms with E-state index in [4.69, 9.17) is 4.74 Å². The molecule has 3 nitrogen and oxygen atoms in total. The van der Waals surface area contributed by atoms with Gasteiger partial charge in [-0.3, -0.25) is 4.79 Å². The third-order valence-electron chi connectivity index (χ3n) is 3.12. The van der Waals surface area contributed by atoms with Crippen molar-refractivity contribution in [2.75, 3.05) is 6.61 Å².